The van der Waals surface area contributed by atoms with Crippen molar-refractivity contribution >= 4 is 5.91 Å². The molecule has 1 aliphatic rings. The molecular formula is C14H16F3N5O. The molecule has 0 spiro atoms. The molecule has 1 unspecified atom stereocenters. The van der Waals surface area contributed by atoms with Crippen LogP contribution in [-0.4, -0.2) is 43.9 Å². The molecule has 6 nitrogen and oxygen atoms in total. The first-order valence-electron chi connectivity index (χ1n) is 7.31. The Morgan fingerprint density at radius 2 is 2.22 bits per heavy atom. The zero-order valence-corrected chi connectivity index (χ0v) is 12.3. The van der Waals surface area contributed by atoms with E-state index in [0.717, 1.165) is 29.3 Å². The van der Waals surface area contributed by atoms with E-state index in [1.807, 2.05) is 6.07 Å². The normalized spacial score (nSPS) is 19.1. The first-order valence-corrected chi connectivity index (χ1v) is 7.31. The van der Waals surface area contributed by atoms with Gasteiger partial charge in [-0.2, -0.15) is 23.4 Å². The van der Waals surface area contributed by atoms with E-state index in [0.29, 0.717) is 13.1 Å². The monoisotopic (exact) mass is 327 g/mol. The minimum absolute atomic E-state index is 0.179. The number of halogens is 3. The second-order valence-electron chi connectivity index (χ2n) is 5.59. The molecule has 1 fully saturated rings. The highest BCUT2D eigenvalue weighted by Gasteiger charge is 2.34. The van der Waals surface area contributed by atoms with Gasteiger partial charge in [0.25, 0.3) is 0 Å². The van der Waals surface area contributed by atoms with Gasteiger partial charge in [-0.05, 0) is 25.0 Å². The Hall–Kier alpha value is -2.32. The summed E-state index contributed by atoms with van der Waals surface area (Å²) in [5.41, 5.74) is -0.0137. The van der Waals surface area contributed by atoms with Crippen LogP contribution in [0.5, 0.6) is 0 Å². The smallest absolute Gasteiger partial charge is 0.340 e. The van der Waals surface area contributed by atoms with Crippen molar-refractivity contribution in [2.45, 2.75) is 31.5 Å². The quantitative estimate of drug-likeness (QED) is 0.938. The lowest BCUT2D eigenvalue weighted by atomic mass is 9.95. The number of carbonyl (C=O) groups is 1. The highest BCUT2D eigenvalue weighted by atomic mass is 19.4. The summed E-state index contributed by atoms with van der Waals surface area (Å²) in [4.78, 5) is 14.0. The zero-order chi connectivity index (χ0) is 16.4. The van der Waals surface area contributed by atoms with Crippen LogP contribution in [0.3, 0.4) is 0 Å². The molecule has 2 aromatic rings. The fourth-order valence-corrected chi connectivity index (χ4v) is 2.79. The minimum Gasteiger partial charge on any atom is -0.340 e. The number of aromatic amines is 1. The molecule has 9 heteroatoms. The van der Waals surface area contributed by atoms with Gasteiger partial charge in [0, 0.05) is 37.1 Å². The van der Waals surface area contributed by atoms with Gasteiger partial charge in [0.05, 0.1) is 0 Å². The van der Waals surface area contributed by atoms with Crippen molar-refractivity contribution in [2.75, 3.05) is 13.1 Å². The number of nitrogens with one attached hydrogen (secondary N) is 1. The lowest BCUT2D eigenvalue weighted by Crippen LogP contribution is -2.41. The number of aromatic nitrogens is 4. The van der Waals surface area contributed by atoms with Crippen molar-refractivity contribution in [3.05, 3.63) is 35.9 Å². The lowest BCUT2D eigenvalue weighted by molar-refractivity contribution is -0.142. The molecule has 0 bridgehead atoms. The van der Waals surface area contributed by atoms with Crippen LogP contribution in [0.1, 0.15) is 30.1 Å². The van der Waals surface area contributed by atoms with Crippen LogP contribution in [0.15, 0.2) is 24.5 Å². The van der Waals surface area contributed by atoms with Gasteiger partial charge in [0.15, 0.2) is 5.69 Å². The number of alkyl halides is 3. The second kappa shape index (κ2) is 6.05. The van der Waals surface area contributed by atoms with Gasteiger partial charge in [0.2, 0.25) is 5.91 Å². The van der Waals surface area contributed by atoms with Crippen molar-refractivity contribution < 1.29 is 18.0 Å². The second-order valence-corrected chi connectivity index (χ2v) is 5.59. The van der Waals surface area contributed by atoms with Gasteiger partial charge >= 0.3 is 6.18 Å². The van der Waals surface area contributed by atoms with Crippen LogP contribution in [-0.2, 0) is 17.5 Å². The number of hydrogen-bond donors (Lipinski definition) is 1. The van der Waals surface area contributed by atoms with E-state index >= 15 is 0 Å². The van der Waals surface area contributed by atoms with Gasteiger partial charge in [-0.1, -0.05) is 0 Å². The summed E-state index contributed by atoms with van der Waals surface area (Å²) in [6.07, 6.45) is 0.148. The number of amides is 1. The molecule has 3 heterocycles. The molecule has 1 atom stereocenters. The van der Waals surface area contributed by atoms with Crippen molar-refractivity contribution in [3.8, 4) is 0 Å². The number of H-pyrrole nitrogens is 1. The summed E-state index contributed by atoms with van der Waals surface area (Å²) in [5.74, 6) is -0.0513. The third kappa shape index (κ3) is 3.54. The van der Waals surface area contributed by atoms with Crippen LogP contribution in [0.25, 0.3) is 0 Å². The molecular weight excluding hydrogens is 311 g/mol. The highest BCUT2D eigenvalue weighted by molar-refractivity contribution is 5.76. The molecule has 1 N–H and O–H groups in total. The van der Waals surface area contributed by atoms with Gasteiger partial charge < -0.3 is 4.90 Å². The van der Waals surface area contributed by atoms with Gasteiger partial charge in [-0.25, -0.2) is 0 Å². The number of piperidine rings is 1. The number of rotatable bonds is 3. The molecule has 0 aliphatic carbocycles. The van der Waals surface area contributed by atoms with E-state index in [1.54, 1.807) is 11.1 Å². The maximum atomic E-state index is 12.5. The van der Waals surface area contributed by atoms with Crippen LogP contribution in [0, 0.1) is 0 Å². The molecule has 3 rings (SSSR count). The van der Waals surface area contributed by atoms with Gasteiger partial charge in [-0.3, -0.25) is 14.6 Å². The lowest BCUT2D eigenvalue weighted by Gasteiger charge is -2.32. The highest BCUT2D eigenvalue weighted by Crippen LogP contribution is 2.28. The van der Waals surface area contributed by atoms with E-state index < -0.39 is 11.9 Å². The Morgan fingerprint density at radius 1 is 1.39 bits per heavy atom. The zero-order valence-electron chi connectivity index (χ0n) is 12.3. The Labute approximate surface area is 130 Å². The third-order valence-electron chi connectivity index (χ3n) is 3.96. The molecule has 1 saturated heterocycles. The fourth-order valence-electron chi connectivity index (χ4n) is 2.79. The molecule has 1 aliphatic heterocycles. The molecule has 0 radical (unpaired) electrons. The van der Waals surface area contributed by atoms with Crippen LogP contribution < -0.4 is 0 Å². The van der Waals surface area contributed by atoms with Crippen molar-refractivity contribution in [1.29, 1.82) is 0 Å². The summed E-state index contributed by atoms with van der Waals surface area (Å²) in [6.45, 7) is 0.955. The third-order valence-corrected chi connectivity index (χ3v) is 3.96. The van der Waals surface area contributed by atoms with Crippen LogP contribution in [0.4, 0.5) is 13.2 Å². The predicted molar refractivity (Wildman–Crippen MR) is 74.4 cm³/mol. The van der Waals surface area contributed by atoms with E-state index in [1.165, 1.54) is 6.20 Å². The van der Waals surface area contributed by atoms with Crippen LogP contribution >= 0.6 is 0 Å². The van der Waals surface area contributed by atoms with Crippen molar-refractivity contribution in [1.82, 2.24) is 24.9 Å². The first kappa shape index (κ1) is 15.6. The number of hydrogen-bond acceptors (Lipinski definition) is 3. The molecule has 0 saturated carbocycles. The summed E-state index contributed by atoms with van der Waals surface area (Å²) in [7, 11) is 0. The fraction of sp³-hybridized carbons (Fsp3) is 0.500. The molecule has 124 valence electrons. The average molecular weight is 327 g/mol. The Morgan fingerprint density at radius 3 is 2.87 bits per heavy atom. The molecule has 1 amide bonds. The summed E-state index contributed by atoms with van der Waals surface area (Å²) >= 11 is 0. The van der Waals surface area contributed by atoms with E-state index in [9.17, 15) is 18.0 Å². The summed E-state index contributed by atoms with van der Waals surface area (Å²) in [6, 6.07) is 2.75. The summed E-state index contributed by atoms with van der Waals surface area (Å²) in [5, 5.41) is 10.2. The topological polar surface area (TPSA) is 66.8 Å². The summed E-state index contributed by atoms with van der Waals surface area (Å²) < 4.78 is 38.6. The van der Waals surface area contributed by atoms with Gasteiger partial charge in [0.1, 0.15) is 6.54 Å². The largest absolute Gasteiger partial charge is 0.435 e. The predicted octanol–water partition coefficient (Wildman–Crippen LogP) is 2.03. The standard InChI is InChI=1S/C14H16F3N5O/c15-14(16,17)12-4-7-22(20-12)9-13(23)21-6-1-2-10(8-21)11-3-5-18-19-11/h3-5,7,10H,1-2,6,8-9H2,(H,18,19). The molecule has 23 heavy (non-hydrogen) atoms. The molecule has 2 aromatic heterocycles. The number of carbonyl (C=O) groups excluding carboxylic acids is 1. The maximum absolute atomic E-state index is 12.5. The Balaban J connectivity index is 1.63. The minimum atomic E-state index is -4.49. The Kier molecular flexibility index (Phi) is 4.10. The number of likely N-dealkylation sites (tertiary alicyclic amines) is 1. The van der Waals surface area contributed by atoms with E-state index in [2.05, 4.69) is 15.3 Å². The van der Waals surface area contributed by atoms with Crippen molar-refractivity contribution in [2.24, 2.45) is 0 Å². The van der Waals surface area contributed by atoms with E-state index in [-0.39, 0.29) is 18.4 Å². The maximum Gasteiger partial charge on any atom is 0.435 e. The molecule has 0 aromatic carbocycles. The van der Waals surface area contributed by atoms with Gasteiger partial charge in [-0.15, -0.1) is 0 Å². The first-order chi connectivity index (χ1) is 10.9. The van der Waals surface area contributed by atoms with Crippen molar-refractivity contribution in [3.63, 3.8) is 0 Å². The average Bonchev–Trinajstić information content (AvgIpc) is 3.18. The van der Waals surface area contributed by atoms with Crippen LogP contribution in [0.2, 0.25) is 0 Å². The van der Waals surface area contributed by atoms with E-state index in [4.69, 9.17) is 0 Å². The Bertz CT molecular complexity index is 664. The number of nitrogens with zero attached hydrogens (tertiary/aromatic N) is 4. The SMILES string of the molecule is O=C(Cn1ccc(C(F)(F)F)n1)N1CCCC(c2ccn[nH]2)C1.